The average Bonchev–Trinajstić information content (AvgIpc) is 2.87. The summed E-state index contributed by atoms with van der Waals surface area (Å²) in [6, 6.07) is 8.88. The van der Waals surface area contributed by atoms with E-state index in [4.69, 9.17) is 11.6 Å². The van der Waals surface area contributed by atoms with E-state index in [-0.39, 0.29) is 0 Å². The highest BCUT2D eigenvalue weighted by Gasteiger charge is 2.31. The number of fused-ring (bicyclic) bond motifs is 1. The number of aliphatic carboxylic acids is 1. The summed E-state index contributed by atoms with van der Waals surface area (Å²) in [5, 5.41) is 10.8. The summed E-state index contributed by atoms with van der Waals surface area (Å²) in [6.07, 6.45) is 1.55. The fourth-order valence-electron chi connectivity index (χ4n) is 2.54. The van der Waals surface area contributed by atoms with Crippen molar-refractivity contribution >= 4 is 34.3 Å². The van der Waals surface area contributed by atoms with E-state index in [1.54, 1.807) is 6.07 Å². The second-order valence-electron chi connectivity index (χ2n) is 4.70. The topological polar surface area (TPSA) is 53.4 Å². The van der Waals surface area contributed by atoms with Crippen LogP contribution < -0.4 is 4.90 Å². The van der Waals surface area contributed by atoms with Gasteiger partial charge < -0.3 is 10.0 Å². The highest BCUT2D eigenvalue weighted by atomic mass is 35.5. The number of pyridine rings is 1. The molecular formula is C14H13ClN2O2. The van der Waals surface area contributed by atoms with Crippen molar-refractivity contribution < 1.29 is 9.90 Å². The summed E-state index contributed by atoms with van der Waals surface area (Å²) in [6.45, 7) is 0.732. The van der Waals surface area contributed by atoms with Gasteiger partial charge in [0.25, 0.3) is 0 Å². The molecule has 2 aromatic rings. The van der Waals surface area contributed by atoms with Crippen LogP contribution in [0.5, 0.6) is 0 Å². The highest BCUT2D eigenvalue weighted by molar-refractivity contribution is 6.31. The first-order valence-corrected chi connectivity index (χ1v) is 6.59. The maximum atomic E-state index is 11.2. The van der Waals surface area contributed by atoms with Gasteiger partial charge in [-0.1, -0.05) is 17.7 Å². The Morgan fingerprint density at radius 1 is 1.37 bits per heavy atom. The Hall–Kier alpha value is -1.81. The number of benzene rings is 1. The molecule has 1 saturated heterocycles. The molecule has 0 amide bonds. The molecule has 19 heavy (non-hydrogen) atoms. The van der Waals surface area contributed by atoms with E-state index >= 15 is 0 Å². The predicted octanol–water partition coefficient (Wildman–Crippen LogP) is 2.94. The number of halogens is 1. The minimum Gasteiger partial charge on any atom is -0.480 e. The van der Waals surface area contributed by atoms with Crippen LogP contribution in [0.2, 0.25) is 5.02 Å². The fourth-order valence-corrected chi connectivity index (χ4v) is 2.70. The average molecular weight is 277 g/mol. The van der Waals surface area contributed by atoms with Gasteiger partial charge in [0, 0.05) is 17.0 Å². The number of carboxylic acids is 1. The molecule has 1 aromatic heterocycles. The standard InChI is InChI=1S/C14H13ClN2O2/c15-10-5-3-9-4-6-13(16-11(9)8-10)17-7-1-2-12(17)14(18)19/h3-6,8,12H,1-2,7H2,(H,18,19)/t12-/m0/s1. The van der Waals surface area contributed by atoms with Crippen LogP contribution in [0.4, 0.5) is 5.82 Å². The molecule has 2 heterocycles. The molecule has 0 spiro atoms. The van der Waals surface area contributed by atoms with Crippen molar-refractivity contribution in [1.82, 2.24) is 4.98 Å². The van der Waals surface area contributed by atoms with Crippen molar-refractivity contribution in [2.45, 2.75) is 18.9 Å². The number of aromatic nitrogens is 1. The molecule has 4 nitrogen and oxygen atoms in total. The van der Waals surface area contributed by atoms with Gasteiger partial charge in [0.05, 0.1) is 5.52 Å². The summed E-state index contributed by atoms with van der Waals surface area (Å²) in [5.41, 5.74) is 0.793. The Bertz CT molecular complexity index is 644. The minimum atomic E-state index is -0.787. The van der Waals surface area contributed by atoms with Gasteiger partial charge in [-0.05, 0) is 37.1 Å². The lowest BCUT2D eigenvalue weighted by atomic mass is 10.2. The van der Waals surface area contributed by atoms with Crippen molar-refractivity contribution in [2.75, 3.05) is 11.4 Å². The molecule has 1 N–H and O–H groups in total. The summed E-state index contributed by atoms with van der Waals surface area (Å²) in [7, 11) is 0. The van der Waals surface area contributed by atoms with Crippen molar-refractivity contribution in [2.24, 2.45) is 0 Å². The Morgan fingerprint density at radius 2 is 2.16 bits per heavy atom. The molecular weight excluding hydrogens is 264 g/mol. The first-order valence-electron chi connectivity index (χ1n) is 6.21. The zero-order valence-corrected chi connectivity index (χ0v) is 11.0. The van der Waals surface area contributed by atoms with E-state index in [1.807, 2.05) is 29.2 Å². The van der Waals surface area contributed by atoms with Gasteiger partial charge in [-0.2, -0.15) is 0 Å². The molecule has 1 aliphatic rings. The summed E-state index contributed by atoms with van der Waals surface area (Å²) in [4.78, 5) is 17.6. The van der Waals surface area contributed by atoms with Crippen LogP contribution in [0, 0.1) is 0 Å². The van der Waals surface area contributed by atoms with E-state index < -0.39 is 12.0 Å². The molecule has 0 aliphatic carbocycles. The molecule has 1 aromatic carbocycles. The first kappa shape index (κ1) is 12.2. The third-order valence-electron chi connectivity index (χ3n) is 3.47. The number of rotatable bonds is 2. The Kier molecular flexibility index (Phi) is 3.03. The largest absolute Gasteiger partial charge is 0.480 e. The lowest BCUT2D eigenvalue weighted by molar-refractivity contribution is -0.138. The predicted molar refractivity (Wildman–Crippen MR) is 74.8 cm³/mol. The zero-order valence-electron chi connectivity index (χ0n) is 10.2. The summed E-state index contributed by atoms with van der Waals surface area (Å²) in [5.74, 6) is -0.0786. The highest BCUT2D eigenvalue weighted by Crippen LogP contribution is 2.27. The molecule has 1 fully saturated rings. The smallest absolute Gasteiger partial charge is 0.326 e. The van der Waals surface area contributed by atoms with Gasteiger partial charge in [0.2, 0.25) is 0 Å². The van der Waals surface area contributed by atoms with Crippen LogP contribution in [-0.2, 0) is 4.79 Å². The lowest BCUT2D eigenvalue weighted by Gasteiger charge is -2.22. The van der Waals surface area contributed by atoms with Gasteiger partial charge in [-0.3, -0.25) is 0 Å². The molecule has 5 heteroatoms. The van der Waals surface area contributed by atoms with Crippen molar-refractivity contribution in [1.29, 1.82) is 0 Å². The molecule has 1 atom stereocenters. The molecule has 0 radical (unpaired) electrons. The molecule has 0 unspecified atom stereocenters. The second kappa shape index (κ2) is 4.70. The monoisotopic (exact) mass is 276 g/mol. The Morgan fingerprint density at radius 3 is 2.95 bits per heavy atom. The maximum Gasteiger partial charge on any atom is 0.326 e. The third kappa shape index (κ3) is 2.24. The van der Waals surface area contributed by atoms with Crippen LogP contribution in [0.1, 0.15) is 12.8 Å². The van der Waals surface area contributed by atoms with E-state index in [1.165, 1.54) is 0 Å². The normalized spacial score (nSPS) is 19.0. The third-order valence-corrected chi connectivity index (χ3v) is 3.71. The van der Waals surface area contributed by atoms with E-state index in [0.29, 0.717) is 17.3 Å². The maximum absolute atomic E-state index is 11.2. The Balaban J connectivity index is 2.03. The van der Waals surface area contributed by atoms with Crippen LogP contribution in [0.15, 0.2) is 30.3 Å². The number of hydrogen-bond donors (Lipinski definition) is 1. The van der Waals surface area contributed by atoms with Crippen LogP contribution >= 0.6 is 11.6 Å². The number of nitrogens with zero attached hydrogens (tertiary/aromatic N) is 2. The summed E-state index contributed by atoms with van der Waals surface area (Å²) >= 11 is 5.96. The van der Waals surface area contributed by atoms with Gasteiger partial charge in [0.15, 0.2) is 0 Å². The van der Waals surface area contributed by atoms with Crippen LogP contribution in [0.25, 0.3) is 10.9 Å². The first-order chi connectivity index (χ1) is 9.15. The number of carboxylic acid groups (broad SMARTS) is 1. The zero-order chi connectivity index (χ0) is 13.4. The minimum absolute atomic E-state index is 0.468. The summed E-state index contributed by atoms with van der Waals surface area (Å²) < 4.78 is 0. The molecule has 3 rings (SSSR count). The number of carbonyl (C=O) groups is 1. The molecule has 0 bridgehead atoms. The van der Waals surface area contributed by atoms with E-state index in [2.05, 4.69) is 4.98 Å². The fraction of sp³-hybridized carbons (Fsp3) is 0.286. The molecule has 98 valence electrons. The van der Waals surface area contributed by atoms with Crippen LogP contribution in [-0.4, -0.2) is 28.6 Å². The van der Waals surface area contributed by atoms with Gasteiger partial charge in [0.1, 0.15) is 11.9 Å². The van der Waals surface area contributed by atoms with Crippen LogP contribution in [0.3, 0.4) is 0 Å². The second-order valence-corrected chi connectivity index (χ2v) is 5.13. The number of hydrogen-bond acceptors (Lipinski definition) is 3. The van der Waals surface area contributed by atoms with Gasteiger partial charge in [-0.25, -0.2) is 9.78 Å². The van der Waals surface area contributed by atoms with Gasteiger partial charge >= 0.3 is 5.97 Å². The van der Waals surface area contributed by atoms with Crippen molar-refractivity contribution in [3.63, 3.8) is 0 Å². The van der Waals surface area contributed by atoms with Crippen molar-refractivity contribution in [3.8, 4) is 0 Å². The Labute approximate surface area is 115 Å². The van der Waals surface area contributed by atoms with E-state index in [0.717, 1.165) is 23.9 Å². The van der Waals surface area contributed by atoms with Crippen molar-refractivity contribution in [3.05, 3.63) is 35.4 Å². The molecule has 0 saturated carbocycles. The molecule has 1 aliphatic heterocycles. The SMILES string of the molecule is O=C(O)[C@@H]1CCCN1c1ccc2ccc(Cl)cc2n1. The number of anilines is 1. The quantitative estimate of drug-likeness (QED) is 0.916. The lowest BCUT2D eigenvalue weighted by Crippen LogP contribution is -2.36. The van der Waals surface area contributed by atoms with Gasteiger partial charge in [-0.15, -0.1) is 0 Å². The van der Waals surface area contributed by atoms with E-state index in [9.17, 15) is 9.90 Å².